The lowest BCUT2D eigenvalue weighted by molar-refractivity contribution is 0.657. The average molecular weight is 226 g/mol. The number of hydrogen-bond acceptors (Lipinski definition) is 3. The number of aromatic nitrogens is 3. The van der Waals surface area contributed by atoms with Gasteiger partial charge in [0, 0.05) is 18.1 Å². The molecule has 2 rings (SSSR count). The van der Waals surface area contributed by atoms with E-state index in [0.29, 0.717) is 12.1 Å². The van der Waals surface area contributed by atoms with Gasteiger partial charge in [-0.05, 0) is 38.0 Å². The molecule has 0 atom stereocenters. The molecule has 4 heteroatoms. The zero-order chi connectivity index (χ0) is 12.4. The molecule has 0 saturated carbocycles. The summed E-state index contributed by atoms with van der Waals surface area (Å²) in [6, 6.07) is 4.02. The first-order valence-corrected chi connectivity index (χ1v) is 5.47. The maximum Gasteiger partial charge on any atom is 0.101 e. The molecule has 0 N–H and O–H groups in total. The van der Waals surface area contributed by atoms with Gasteiger partial charge in [0.2, 0.25) is 0 Å². The van der Waals surface area contributed by atoms with Crippen LogP contribution in [0.25, 0.3) is 0 Å². The van der Waals surface area contributed by atoms with Crippen molar-refractivity contribution in [2.24, 2.45) is 0 Å². The number of nitrogens with zero attached hydrogens (tertiary/aromatic N) is 4. The van der Waals surface area contributed by atoms with E-state index in [-0.39, 0.29) is 0 Å². The Morgan fingerprint density at radius 3 is 2.71 bits per heavy atom. The fourth-order valence-corrected chi connectivity index (χ4v) is 1.76. The van der Waals surface area contributed by atoms with Crippen LogP contribution in [0.2, 0.25) is 0 Å². The standard InChI is InChI=1S/C13H14N4/c1-9-10(2)16-17(11(9)3)8-12-4-5-15-7-13(12)6-14/h4-5,7H,8H2,1-3H3. The van der Waals surface area contributed by atoms with E-state index in [9.17, 15) is 0 Å². The second kappa shape index (κ2) is 4.38. The Hall–Kier alpha value is -2.15. The molecule has 2 aromatic heterocycles. The monoisotopic (exact) mass is 226 g/mol. The molecule has 17 heavy (non-hydrogen) atoms. The van der Waals surface area contributed by atoms with Crippen LogP contribution in [0.5, 0.6) is 0 Å². The van der Waals surface area contributed by atoms with Crippen molar-refractivity contribution in [3.05, 3.63) is 46.5 Å². The first-order valence-electron chi connectivity index (χ1n) is 5.47. The van der Waals surface area contributed by atoms with Crippen molar-refractivity contribution in [2.45, 2.75) is 27.3 Å². The first kappa shape index (κ1) is 11.3. The molecule has 4 nitrogen and oxygen atoms in total. The molecule has 0 amide bonds. The number of rotatable bonds is 2. The summed E-state index contributed by atoms with van der Waals surface area (Å²) in [7, 11) is 0. The molecule has 0 aliphatic rings. The van der Waals surface area contributed by atoms with Gasteiger partial charge in [-0.1, -0.05) is 0 Å². The second-order valence-electron chi connectivity index (χ2n) is 4.10. The van der Waals surface area contributed by atoms with E-state index in [0.717, 1.165) is 17.0 Å². The van der Waals surface area contributed by atoms with Crippen LogP contribution in [0.4, 0.5) is 0 Å². The van der Waals surface area contributed by atoms with Crippen LogP contribution in [-0.2, 0) is 6.54 Å². The van der Waals surface area contributed by atoms with Gasteiger partial charge in [-0.2, -0.15) is 10.4 Å². The van der Waals surface area contributed by atoms with Gasteiger partial charge >= 0.3 is 0 Å². The van der Waals surface area contributed by atoms with Gasteiger partial charge in [0.05, 0.1) is 17.8 Å². The van der Waals surface area contributed by atoms with E-state index in [1.54, 1.807) is 12.4 Å². The van der Waals surface area contributed by atoms with Crippen molar-refractivity contribution in [1.29, 1.82) is 5.26 Å². The molecule has 0 fully saturated rings. The average Bonchev–Trinajstić information content (AvgIpc) is 2.58. The minimum absolute atomic E-state index is 0.609. The maximum absolute atomic E-state index is 9.01. The molecule has 0 aliphatic heterocycles. The molecule has 2 heterocycles. The molecular weight excluding hydrogens is 212 g/mol. The Morgan fingerprint density at radius 1 is 1.35 bits per heavy atom. The zero-order valence-electron chi connectivity index (χ0n) is 10.2. The van der Waals surface area contributed by atoms with Crippen molar-refractivity contribution in [3.8, 4) is 6.07 Å². The van der Waals surface area contributed by atoms with Crippen molar-refractivity contribution in [1.82, 2.24) is 14.8 Å². The molecule has 0 radical (unpaired) electrons. The number of pyridine rings is 1. The largest absolute Gasteiger partial charge is 0.265 e. The van der Waals surface area contributed by atoms with Gasteiger partial charge in [-0.15, -0.1) is 0 Å². The Balaban J connectivity index is 2.39. The lowest BCUT2D eigenvalue weighted by atomic mass is 10.1. The summed E-state index contributed by atoms with van der Waals surface area (Å²) in [5.41, 5.74) is 4.95. The Kier molecular flexibility index (Phi) is 2.92. The highest BCUT2D eigenvalue weighted by molar-refractivity contribution is 5.35. The predicted octanol–water partition coefficient (Wildman–Crippen LogP) is 2.12. The van der Waals surface area contributed by atoms with E-state index in [4.69, 9.17) is 5.26 Å². The third kappa shape index (κ3) is 2.04. The fraction of sp³-hybridized carbons (Fsp3) is 0.308. The molecule has 0 spiro atoms. The number of aryl methyl sites for hydroxylation is 1. The predicted molar refractivity (Wildman–Crippen MR) is 64.5 cm³/mol. The molecule has 86 valence electrons. The van der Waals surface area contributed by atoms with Crippen LogP contribution < -0.4 is 0 Å². The zero-order valence-corrected chi connectivity index (χ0v) is 10.2. The van der Waals surface area contributed by atoms with E-state index in [2.05, 4.69) is 23.1 Å². The highest BCUT2D eigenvalue weighted by atomic mass is 15.3. The summed E-state index contributed by atoms with van der Waals surface area (Å²) >= 11 is 0. The maximum atomic E-state index is 9.01. The van der Waals surface area contributed by atoms with Crippen molar-refractivity contribution >= 4 is 0 Å². The topological polar surface area (TPSA) is 54.5 Å². The van der Waals surface area contributed by atoms with Crippen LogP contribution in [0.3, 0.4) is 0 Å². The van der Waals surface area contributed by atoms with Gasteiger partial charge < -0.3 is 0 Å². The summed E-state index contributed by atoms with van der Waals surface area (Å²) < 4.78 is 1.93. The van der Waals surface area contributed by atoms with Gasteiger partial charge in [-0.25, -0.2) is 0 Å². The highest BCUT2D eigenvalue weighted by Crippen LogP contribution is 2.14. The lowest BCUT2D eigenvalue weighted by Crippen LogP contribution is -2.06. The smallest absolute Gasteiger partial charge is 0.101 e. The van der Waals surface area contributed by atoms with Gasteiger partial charge in [-0.3, -0.25) is 9.67 Å². The summed E-state index contributed by atoms with van der Waals surface area (Å²) in [5.74, 6) is 0. The van der Waals surface area contributed by atoms with E-state index < -0.39 is 0 Å². The van der Waals surface area contributed by atoms with Crippen LogP contribution in [-0.4, -0.2) is 14.8 Å². The number of nitriles is 1. The van der Waals surface area contributed by atoms with Gasteiger partial charge in [0.25, 0.3) is 0 Å². The van der Waals surface area contributed by atoms with Crippen LogP contribution in [0.15, 0.2) is 18.5 Å². The Morgan fingerprint density at radius 2 is 2.12 bits per heavy atom. The number of hydrogen-bond donors (Lipinski definition) is 0. The molecule has 0 aliphatic carbocycles. The second-order valence-corrected chi connectivity index (χ2v) is 4.10. The third-order valence-electron chi connectivity index (χ3n) is 3.10. The molecular formula is C13H14N4. The fourth-order valence-electron chi connectivity index (χ4n) is 1.76. The summed E-state index contributed by atoms with van der Waals surface area (Å²) in [4.78, 5) is 3.95. The molecule has 2 aromatic rings. The first-order chi connectivity index (χ1) is 8.13. The Bertz CT molecular complexity index is 590. The van der Waals surface area contributed by atoms with Crippen molar-refractivity contribution in [3.63, 3.8) is 0 Å². The SMILES string of the molecule is Cc1nn(Cc2ccncc2C#N)c(C)c1C. The minimum atomic E-state index is 0.609. The summed E-state index contributed by atoms with van der Waals surface area (Å²) in [6.45, 7) is 6.72. The summed E-state index contributed by atoms with van der Waals surface area (Å²) in [6.07, 6.45) is 3.29. The van der Waals surface area contributed by atoms with Gasteiger partial charge in [0.15, 0.2) is 0 Å². The quantitative estimate of drug-likeness (QED) is 0.788. The normalized spacial score (nSPS) is 10.2. The summed E-state index contributed by atoms with van der Waals surface area (Å²) in [5, 5.41) is 13.5. The van der Waals surface area contributed by atoms with Crippen molar-refractivity contribution < 1.29 is 0 Å². The molecule has 0 aromatic carbocycles. The van der Waals surface area contributed by atoms with E-state index >= 15 is 0 Å². The van der Waals surface area contributed by atoms with Crippen molar-refractivity contribution in [2.75, 3.05) is 0 Å². The highest BCUT2D eigenvalue weighted by Gasteiger charge is 2.09. The van der Waals surface area contributed by atoms with Crippen LogP contribution in [0.1, 0.15) is 28.1 Å². The van der Waals surface area contributed by atoms with Crippen LogP contribution in [0, 0.1) is 32.1 Å². The van der Waals surface area contributed by atoms with Gasteiger partial charge in [0.1, 0.15) is 6.07 Å². The molecule has 0 saturated heterocycles. The van der Waals surface area contributed by atoms with E-state index in [1.165, 1.54) is 5.56 Å². The molecule has 0 bridgehead atoms. The van der Waals surface area contributed by atoms with E-state index in [1.807, 2.05) is 24.6 Å². The minimum Gasteiger partial charge on any atom is -0.265 e. The lowest BCUT2D eigenvalue weighted by Gasteiger charge is -2.06. The Labute approximate surface area is 101 Å². The van der Waals surface area contributed by atoms with Crippen LogP contribution >= 0.6 is 0 Å². The third-order valence-corrected chi connectivity index (χ3v) is 3.10. The molecule has 0 unspecified atom stereocenters.